The molecule has 1 heterocycles. The van der Waals surface area contributed by atoms with Gasteiger partial charge in [0, 0.05) is 13.1 Å². The van der Waals surface area contributed by atoms with Gasteiger partial charge in [0.25, 0.3) is 0 Å². The van der Waals surface area contributed by atoms with Crippen molar-refractivity contribution in [2.45, 2.75) is 26.2 Å². The second-order valence-electron chi connectivity index (χ2n) is 5.20. The Labute approximate surface area is 121 Å². The summed E-state index contributed by atoms with van der Waals surface area (Å²) in [4.78, 5) is 0. The first kappa shape index (κ1) is 15.3. The van der Waals surface area contributed by atoms with Crippen LogP contribution in [0.4, 0.5) is 5.69 Å². The van der Waals surface area contributed by atoms with E-state index in [0.717, 1.165) is 24.8 Å². The second-order valence-corrected chi connectivity index (χ2v) is 6.87. The molecule has 1 aromatic rings. The molecule has 1 saturated heterocycles. The summed E-state index contributed by atoms with van der Waals surface area (Å²) >= 11 is 0. The van der Waals surface area contributed by atoms with Gasteiger partial charge in [0.2, 0.25) is 0 Å². The summed E-state index contributed by atoms with van der Waals surface area (Å²) < 4.78 is 29.0. The quantitative estimate of drug-likeness (QED) is 0.866. The van der Waals surface area contributed by atoms with E-state index in [1.54, 1.807) is 0 Å². The maximum Gasteiger partial charge on any atom is 0.301 e. The van der Waals surface area contributed by atoms with Crippen molar-refractivity contribution in [2.75, 3.05) is 24.4 Å². The molecule has 0 unspecified atom stereocenters. The molecule has 0 bridgehead atoms. The summed E-state index contributed by atoms with van der Waals surface area (Å²) in [5, 5.41) is 0. The summed E-state index contributed by atoms with van der Waals surface area (Å²) in [6.45, 7) is 3.75. The first-order valence-electron chi connectivity index (χ1n) is 7.12. The van der Waals surface area contributed by atoms with Crippen LogP contribution in [0.25, 0.3) is 0 Å². The Bertz CT molecular complexity index is 537. The van der Waals surface area contributed by atoms with Crippen LogP contribution in [0.1, 0.15) is 25.3 Å². The van der Waals surface area contributed by atoms with Gasteiger partial charge >= 0.3 is 10.2 Å². The number of para-hydroxylation sites is 1. The number of anilines is 1. The fourth-order valence-corrected chi connectivity index (χ4v) is 3.81. The summed E-state index contributed by atoms with van der Waals surface area (Å²) in [6, 6.07) is 7.52. The van der Waals surface area contributed by atoms with Gasteiger partial charge in [-0.25, -0.2) is 0 Å². The molecule has 0 aromatic heterocycles. The van der Waals surface area contributed by atoms with Crippen LogP contribution >= 0.6 is 0 Å². The van der Waals surface area contributed by atoms with Crippen LogP contribution in [0.5, 0.6) is 0 Å². The molecule has 0 amide bonds. The molecule has 0 saturated carbocycles. The first-order valence-corrected chi connectivity index (χ1v) is 8.56. The largest absolute Gasteiger partial charge is 0.330 e. The SMILES string of the molecule is CCc1ccccc1NS(=O)(=O)N1CCC(CN)CC1. The normalized spacial score (nSPS) is 18.1. The number of hydrogen-bond donors (Lipinski definition) is 2. The maximum atomic E-state index is 12.4. The molecule has 2 rings (SSSR count). The predicted molar refractivity (Wildman–Crippen MR) is 81.7 cm³/mol. The van der Waals surface area contributed by atoms with Crippen LogP contribution in [-0.4, -0.2) is 32.4 Å². The van der Waals surface area contributed by atoms with Crippen molar-refractivity contribution in [3.05, 3.63) is 29.8 Å². The van der Waals surface area contributed by atoms with Crippen LogP contribution in [0.3, 0.4) is 0 Å². The molecule has 0 radical (unpaired) electrons. The van der Waals surface area contributed by atoms with Gasteiger partial charge in [0.15, 0.2) is 0 Å². The van der Waals surface area contributed by atoms with Crippen LogP contribution in [0, 0.1) is 5.92 Å². The van der Waals surface area contributed by atoms with Crippen LogP contribution in [0.2, 0.25) is 0 Å². The Morgan fingerprint density at radius 1 is 1.30 bits per heavy atom. The van der Waals surface area contributed by atoms with Gasteiger partial charge in [0.05, 0.1) is 5.69 Å². The van der Waals surface area contributed by atoms with Crippen molar-refractivity contribution < 1.29 is 8.42 Å². The molecule has 5 nitrogen and oxygen atoms in total. The molecule has 112 valence electrons. The topological polar surface area (TPSA) is 75.4 Å². The van der Waals surface area contributed by atoms with Crippen molar-refractivity contribution in [2.24, 2.45) is 11.7 Å². The molecule has 0 atom stereocenters. The Balaban J connectivity index is 2.08. The molecular weight excluding hydrogens is 274 g/mol. The minimum atomic E-state index is -3.46. The van der Waals surface area contributed by atoms with E-state index in [1.165, 1.54) is 4.31 Å². The maximum absolute atomic E-state index is 12.4. The second kappa shape index (κ2) is 6.56. The highest BCUT2D eigenvalue weighted by atomic mass is 32.2. The lowest BCUT2D eigenvalue weighted by atomic mass is 9.99. The molecular formula is C14H23N3O2S. The lowest BCUT2D eigenvalue weighted by Gasteiger charge is -2.30. The van der Waals surface area contributed by atoms with Crippen LogP contribution in [0.15, 0.2) is 24.3 Å². The number of rotatable bonds is 5. The van der Waals surface area contributed by atoms with E-state index in [1.807, 2.05) is 31.2 Å². The Hall–Kier alpha value is -1.11. The number of piperidine rings is 1. The van der Waals surface area contributed by atoms with Crippen molar-refractivity contribution in [3.63, 3.8) is 0 Å². The molecule has 0 aliphatic carbocycles. The Morgan fingerprint density at radius 2 is 1.95 bits per heavy atom. The molecule has 0 spiro atoms. The lowest BCUT2D eigenvalue weighted by Crippen LogP contribution is -2.42. The van der Waals surface area contributed by atoms with E-state index in [9.17, 15) is 8.42 Å². The van der Waals surface area contributed by atoms with Gasteiger partial charge in [0.1, 0.15) is 0 Å². The Kier molecular flexibility index (Phi) is 5.01. The summed E-state index contributed by atoms with van der Waals surface area (Å²) in [6.07, 6.45) is 2.48. The highest BCUT2D eigenvalue weighted by molar-refractivity contribution is 7.90. The number of nitrogens with two attached hydrogens (primary N) is 1. The van der Waals surface area contributed by atoms with E-state index < -0.39 is 10.2 Å². The summed E-state index contributed by atoms with van der Waals surface area (Å²) in [7, 11) is -3.46. The van der Waals surface area contributed by atoms with Gasteiger partial charge in [-0.05, 0) is 43.4 Å². The smallest absolute Gasteiger partial charge is 0.301 e. The van der Waals surface area contributed by atoms with E-state index in [4.69, 9.17) is 5.73 Å². The van der Waals surface area contributed by atoms with Gasteiger partial charge in [-0.2, -0.15) is 12.7 Å². The van der Waals surface area contributed by atoms with Gasteiger partial charge < -0.3 is 5.73 Å². The van der Waals surface area contributed by atoms with Crippen molar-refractivity contribution in [1.29, 1.82) is 0 Å². The number of hydrogen-bond acceptors (Lipinski definition) is 3. The highest BCUT2D eigenvalue weighted by Gasteiger charge is 2.27. The minimum absolute atomic E-state index is 0.448. The summed E-state index contributed by atoms with van der Waals surface area (Å²) in [5.74, 6) is 0.448. The van der Waals surface area contributed by atoms with Crippen molar-refractivity contribution >= 4 is 15.9 Å². The first-order chi connectivity index (χ1) is 9.56. The third kappa shape index (κ3) is 3.50. The zero-order valence-corrected chi connectivity index (χ0v) is 12.7. The molecule has 1 fully saturated rings. The van der Waals surface area contributed by atoms with Crippen LogP contribution in [-0.2, 0) is 16.6 Å². The third-order valence-electron chi connectivity index (χ3n) is 3.88. The van der Waals surface area contributed by atoms with E-state index in [-0.39, 0.29) is 0 Å². The lowest BCUT2D eigenvalue weighted by molar-refractivity contribution is 0.280. The number of nitrogens with one attached hydrogen (secondary N) is 1. The third-order valence-corrected chi connectivity index (χ3v) is 5.41. The monoisotopic (exact) mass is 297 g/mol. The van der Waals surface area contributed by atoms with E-state index in [0.29, 0.717) is 31.2 Å². The zero-order chi connectivity index (χ0) is 14.6. The van der Waals surface area contributed by atoms with E-state index >= 15 is 0 Å². The fraction of sp³-hybridized carbons (Fsp3) is 0.571. The average molecular weight is 297 g/mol. The zero-order valence-electron chi connectivity index (χ0n) is 11.9. The van der Waals surface area contributed by atoms with Gasteiger partial charge in [-0.3, -0.25) is 4.72 Å². The predicted octanol–water partition coefficient (Wildman–Crippen LogP) is 1.58. The molecule has 1 aromatic carbocycles. The molecule has 20 heavy (non-hydrogen) atoms. The minimum Gasteiger partial charge on any atom is -0.330 e. The molecule has 1 aliphatic rings. The Morgan fingerprint density at radius 3 is 2.55 bits per heavy atom. The number of benzene rings is 1. The van der Waals surface area contributed by atoms with E-state index in [2.05, 4.69) is 4.72 Å². The molecule has 3 N–H and O–H groups in total. The summed E-state index contributed by atoms with van der Waals surface area (Å²) in [5.41, 5.74) is 7.32. The molecule has 6 heteroatoms. The number of nitrogens with zero attached hydrogens (tertiary/aromatic N) is 1. The van der Waals surface area contributed by atoms with Crippen molar-refractivity contribution in [3.8, 4) is 0 Å². The molecule has 1 aliphatic heterocycles. The van der Waals surface area contributed by atoms with Crippen LogP contribution < -0.4 is 10.5 Å². The fourth-order valence-electron chi connectivity index (χ4n) is 2.52. The average Bonchev–Trinajstić information content (AvgIpc) is 2.47. The van der Waals surface area contributed by atoms with Crippen molar-refractivity contribution in [1.82, 2.24) is 4.31 Å². The van der Waals surface area contributed by atoms with Gasteiger partial charge in [-0.1, -0.05) is 25.1 Å². The van der Waals surface area contributed by atoms with Gasteiger partial charge in [-0.15, -0.1) is 0 Å². The standard InChI is InChI=1S/C14H23N3O2S/c1-2-13-5-3-4-6-14(13)16-20(18,19)17-9-7-12(11-15)8-10-17/h3-6,12,16H,2,7-11,15H2,1H3. The number of aryl methyl sites for hydroxylation is 1. The highest BCUT2D eigenvalue weighted by Crippen LogP contribution is 2.22.